The third-order valence-electron chi connectivity index (χ3n) is 6.71. The molecule has 182 valence electrons. The first-order valence-electron chi connectivity index (χ1n) is 11.8. The number of hydrogen-bond donors (Lipinski definition) is 1. The first-order valence-corrected chi connectivity index (χ1v) is 11.8. The Labute approximate surface area is 202 Å². The van der Waals surface area contributed by atoms with Gasteiger partial charge in [0.05, 0.1) is 12.6 Å². The highest BCUT2D eigenvalue weighted by atomic mass is 16.5. The van der Waals surface area contributed by atoms with Crippen LogP contribution in [0.2, 0.25) is 0 Å². The SMILES string of the molecule is COc1ccc2c(C)cc(=O)n(CCCC[C@@H]3CC(=O)N(c4ccc5c(n4)NC(=O)CO5)C3)c2c1. The van der Waals surface area contributed by atoms with E-state index in [9.17, 15) is 14.4 Å². The van der Waals surface area contributed by atoms with Crippen LogP contribution in [0.4, 0.5) is 11.6 Å². The number of benzene rings is 1. The second-order valence-corrected chi connectivity index (χ2v) is 9.12. The van der Waals surface area contributed by atoms with Crippen molar-refractivity contribution in [3.8, 4) is 11.5 Å². The Balaban J connectivity index is 1.21. The molecule has 3 aromatic rings. The summed E-state index contributed by atoms with van der Waals surface area (Å²) in [6.45, 7) is 3.11. The van der Waals surface area contributed by atoms with E-state index < -0.39 is 0 Å². The van der Waals surface area contributed by atoms with E-state index in [0.717, 1.165) is 41.5 Å². The van der Waals surface area contributed by atoms with Crippen LogP contribution in [0.25, 0.3) is 10.9 Å². The van der Waals surface area contributed by atoms with Crippen LogP contribution in [0.1, 0.15) is 31.2 Å². The molecule has 4 heterocycles. The van der Waals surface area contributed by atoms with Gasteiger partial charge in [0.2, 0.25) is 5.91 Å². The van der Waals surface area contributed by atoms with Crippen LogP contribution in [0.3, 0.4) is 0 Å². The van der Waals surface area contributed by atoms with E-state index in [-0.39, 0.29) is 29.9 Å². The van der Waals surface area contributed by atoms with E-state index in [1.54, 1.807) is 30.2 Å². The highest BCUT2D eigenvalue weighted by Gasteiger charge is 2.32. The summed E-state index contributed by atoms with van der Waals surface area (Å²) in [5.74, 6) is 2.09. The fourth-order valence-corrected chi connectivity index (χ4v) is 4.89. The quantitative estimate of drug-likeness (QED) is 0.525. The van der Waals surface area contributed by atoms with Gasteiger partial charge in [-0.3, -0.25) is 19.3 Å². The van der Waals surface area contributed by atoms with Crippen molar-refractivity contribution in [2.24, 2.45) is 5.92 Å². The molecule has 1 fully saturated rings. The number of amides is 2. The molecule has 35 heavy (non-hydrogen) atoms. The summed E-state index contributed by atoms with van der Waals surface area (Å²) in [5, 5.41) is 3.73. The highest BCUT2D eigenvalue weighted by Crippen LogP contribution is 2.32. The Morgan fingerprint density at radius 3 is 2.83 bits per heavy atom. The lowest BCUT2D eigenvalue weighted by molar-refractivity contribution is -0.119. The molecule has 5 rings (SSSR count). The van der Waals surface area contributed by atoms with Crippen LogP contribution in [0.5, 0.6) is 11.5 Å². The van der Waals surface area contributed by atoms with E-state index in [1.165, 1.54) is 0 Å². The molecule has 0 radical (unpaired) electrons. The van der Waals surface area contributed by atoms with Crippen LogP contribution in [-0.2, 0) is 16.1 Å². The van der Waals surface area contributed by atoms with E-state index in [4.69, 9.17) is 9.47 Å². The molecule has 0 aliphatic carbocycles. The van der Waals surface area contributed by atoms with Crippen molar-refractivity contribution >= 4 is 34.4 Å². The van der Waals surface area contributed by atoms with Gasteiger partial charge >= 0.3 is 0 Å². The van der Waals surface area contributed by atoms with Gasteiger partial charge in [-0.05, 0) is 55.5 Å². The number of pyridine rings is 2. The molecule has 2 amide bonds. The molecule has 1 saturated heterocycles. The van der Waals surface area contributed by atoms with Gasteiger partial charge in [0.25, 0.3) is 11.5 Å². The van der Waals surface area contributed by atoms with Gasteiger partial charge in [0.1, 0.15) is 11.6 Å². The number of carbonyl (C=O) groups is 2. The van der Waals surface area contributed by atoms with Crippen molar-refractivity contribution in [2.75, 3.05) is 30.5 Å². The third-order valence-corrected chi connectivity index (χ3v) is 6.71. The molecule has 2 aliphatic rings. The zero-order chi connectivity index (χ0) is 24.5. The second-order valence-electron chi connectivity index (χ2n) is 9.12. The minimum atomic E-state index is -0.258. The molecule has 9 heteroatoms. The minimum absolute atomic E-state index is 0.0139. The Kier molecular flexibility index (Phi) is 6.15. The molecule has 0 spiro atoms. The van der Waals surface area contributed by atoms with E-state index in [0.29, 0.717) is 36.9 Å². The van der Waals surface area contributed by atoms with Gasteiger partial charge < -0.3 is 19.4 Å². The number of nitrogens with zero attached hydrogens (tertiary/aromatic N) is 3. The Morgan fingerprint density at radius 2 is 2.00 bits per heavy atom. The van der Waals surface area contributed by atoms with Crippen molar-refractivity contribution in [1.29, 1.82) is 0 Å². The monoisotopic (exact) mass is 476 g/mol. The number of hydrogen-bond acceptors (Lipinski definition) is 6. The molecular weight excluding hydrogens is 448 g/mol. The molecule has 1 N–H and O–H groups in total. The zero-order valence-corrected chi connectivity index (χ0v) is 19.9. The molecule has 2 aromatic heterocycles. The maximum atomic E-state index is 12.7. The molecule has 0 unspecified atom stereocenters. The summed E-state index contributed by atoms with van der Waals surface area (Å²) >= 11 is 0. The lowest BCUT2D eigenvalue weighted by atomic mass is 10.0. The zero-order valence-electron chi connectivity index (χ0n) is 19.9. The van der Waals surface area contributed by atoms with Gasteiger partial charge in [-0.2, -0.15) is 0 Å². The summed E-state index contributed by atoms with van der Waals surface area (Å²) in [5.41, 5.74) is 1.82. The summed E-state index contributed by atoms with van der Waals surface area (Å²) < 4.78 is 12.5. The van der Waals surface area contributed by atoms with Crippen molar-refractivity contribution in [1.82, 2.24) is 9.55 Å². The average Bonchev–Trinajstić information content (AvgIpc) is 3.22. The van der Waals surface area contributed by atoms with Crippen molar-refractivity contribution in [2.45, 2.75) is 39.2 Å². The van der Waals surface area contributed by atoms with Crippen LogP contribution in [0, 0.1) is 12.8 Å². The van der Waals surface area contributed by atoms with E-state index >= 15 is 0 Å². The van der Waals surface area contributed by atoms with Crippen LogP contribution < -0.4 is 25.2 Å². The second kappa shape index (κ2) is 9.40. The highest BCUT2D eigenvalue weighted by molar-refractivity contribution is 5.97. The third kappa shape index (κ3) is 4.58. The number of fused-ring (bicyclic) bond motifs is 2. The van der Waals surface area contributed by atoms with E-state index in [2.05, 4.69) is 10.3 Å². The Hall–Kier alpha value is -3.88. The first kappa shape index (κ1) is 22.9. The number of unbranched alkanes of at least 4 members (excludes halogenated alkanes) is 1. The van der Waals surface area contributed by atoms with Crippen molar-refractivity contribution < 1.29 is 19.1 Å². The molecule has 1 atom stereocenters. The maximum absolute atomic E-state index is 12.7. The van der Waals surface area contributed by atoms with Crippen LogP contribution in [-0.4, -0.2) is 41.6 Å². The number of rotatable bonds is 7. The predicted octanol–water partition coefficient (Wildman–Crippen LogP) is 3.27. The number of aromatic nitrogens is 2. The molecule has 0 bridgehead atoms. The fourth-order valence-electron chi connectivity index (χ4n) is 4.89. The largest absolute Gasteiger partial charge is 0.497 e. The Morgan fingerprint density at radius 1 is 1.14 bits per heavy atom. The average molecular weight is 477 g/mol. The molecule has 9 nitrogen and oxygen atoms in total. The molecule has 0 saturated carbocycles. The summed E-state index contributed by atoms with van der Waals surface area (Å²) in [4.78, 5) is 43.0. The van der Waals surface area contributed by atoms with Crippen LogP contribution >= 0.6 is 0 Å². The smallest absolute Gasteiger partial charge is 0.263 e. The standard InChI is InChI=1S/C26H28N4O5/c1-16-11-24(32)29(20-13-18(34-2)6-7-19(16)20)10-4-3-5-17-12-25(33)30(14-17)22-9-8-21-26(27-22)28-23(31)15-35-21/h6-9,11,13,17H,3-5,10,12,14-15H2,1-2H3,(H,27,28,31)/t17-/m1/s1. The number of nitrogens with one attached hydrogen (secondary N) is 1. The van der Waals surface area contributed by atoms with Gasteiger partial charge in [-0.1, -0.05) is 6.42 Å². The van der Waals surface area contributed by atoms with Gasteiger partial charge in [0, 0.05) is 37.0 Å². The topological polar surface area (TPSA) is 103 Å². The lowest BCUT2D eigenvalue weighted by Crippen LogP contribution is -2.29. The van der Waals surface area contributed by atoms with E-state index in [1.807, 2.05) is 29.7 Å². The fraction of sp³-hybridized carbons (Fsp3) is 0.385. The van der Waals surface area contributed by atoms with Crippen LogP contribution in [0.15, 0.2) is 41.2 Å². The molecule has 2 aliphatic heterocycles. The van der Waals surface area contributed by atoms with Gasteiger partial charge in [-0.25, -0.2) is 4.98 Å². The summed E-state index contributed by atoms with van der Waals surface area (Å²) in [6, 6.07) is 11.0. The number of carbonyl (C=O) groups excluding carboxylic acids is 2. The summed E-state index contributed by atoms with van der Waals surface area (Å²) in [6.07, 6.45) is 3.08. The van der Waals surface area contributed by atoms with Crippen molar-refractivity contribution in [3.05, 3.63) is 52.3 Å². The minimum Gasteiger partial charge on any atom is -0.497 e. The Bertz CT molecular complexity index is 1370. The number of ether oxygens (including phenoxy) is 2. The molecule has 1 aromatic carbocycles. The number of aryl methyl sites for hydroxylation is 2. The normalized spacial score (nSPS) is 17.3. The number of methoxy groups -OCH3 is 1. The van der Waals surface area contributed by atoms with Gasteiger partial charge in [-0.15, -0.1) is 0 Å². The maximum Gasteiger partial charge on any atom is 0.263 e. The van der Waals surface area contributed by atoms with Gasteiger partial charge in [0.15, 0.2) is 18.2 Å². The molecular formula is C26H28N4O5. The van der Waals surface area contributed by atoms with Crippen molar-refractivity contribution in [3.63, 3.8) is 0 Å². The first-order chi connectivity index (χ1) is 16.9. The number of anilines is 2. The lowest BCUT2D eigenvalue weighted by Gasteiger charge is -2.21. The summed E-state index contributed by atoms with van der Waals surface area (Å²) in [7, 11) is 1.62. The predicted molar refractivity (Wildman–Crippen MR) is 132 cm³/mol.